The third kappa shape index (κ3) is 3.72. The Balaban J connectivity index is 3.13. The number of Topliss-reactive ketones (excluding diaryl/α,β-unsaturated/α-hetero) is 1. The van der Waals surface area contributed by atoms with Crippen LogP contribution in [0.2, 0.25) is 0 Å². The summed E-state index contributed by atoms with van der Waals surface area (Å²) in [6.45, 7) is 11.1. The normalized spacial score (nSPS) is 11.1. The van der Waals surface area contributed by atoms with Crippen LogP contribution in [0.3, 0.4) is 0 Å². The maximum Gasteiger partial charge on any atom is 0.194 e. The van der Waals surface area contributed by atoms with Gasteiger partial charge in [0.2, 0.25) is 0 Å². The van der Waals surface area contributed by atoms with E-state index in [0.29, 0.717) is 11.1 Å². The molecule has 0 aliphatic heterocycles. The van der Waals surface area contributed by atoms with E-state index >= 15 is 0 Å². The Morgan fingerprint density at radius 1 is 1.24 bits per heavy atom. The van der Waals surface area contributed by atoms with Crippen LogP contribution in [-0.2, 0) is 0 Å². The van der Waals surface area contributed by atoms with E-state index in [1.807, 2.05) is 26.0 Å². The molecule has 0 bridgehead atoms. The first-order valence-corrected chi connectivity index (χ1v) is 5.63. The van der Waals surface area contributed by atoms with Gasteiger partial charge in [0, 0.05) is 16.2 Å². The minimum Gasteiger partial charge on any atom is -0.289 e. The van der Waals surface area contributed by atoms with Crippen LogP contribution in [0.5, 0.6) is 0 Å². The second-order valence-corrected chi connectivity index (χ2v) is 4.46. The van der Waals surface area contributed by atoms with E-state index in [0.717, 1.165) is 11.1 Å². The predicted octanol–water partition coefficient (Wildman–Crippen LogP) is 4.43. The number of hydrogen-bond acceptors (Lipinski definition) is 1. The first-order chi connectivity index (χ1) is 7.91. The Morgan fingerprint density at radius 2 is 1.76 bits per heavy atom. The van der Waals surface area contributed by atoms with Crippen LogP contribution in [0.15, 0.2) is 59.7 Å². The molecule has 0 saturated heterocycles. The molecule has 88 valence electrons. The number of allylic oxidation sites excluding steroid dienone is 4. The molecule has 0 aromatic heterocycles. The van der Waals surface area contributed by atoms with Crippen LogP contribution in [0.1, 0.15) is 22.8 Å². The molecule has 17 heavy (non-hydrogen) atoms. The number of carbonyl (C=O) groups excluding carboxylic acids is 1. The van der Waals surface area contributed by atoms with E-state index in [2.05, 4.69) is 13.2 Å². The summed E-state index contributed by atoms with van der Waals surface area (Å²) >= 11 is 5.84. The highest BCUT2D eigenvalue weighted by Gasteiger charge is 2.13. The summed E-state index contributed by atoms with van der Waals surface area (Å²) in [5.74, 6) is -0.131. The van der Waals surface area contributed by atoms with Crippen molar-refractivity contribution in [1.29, 1.82) is 0 Å². The van der Waals surface area contributed by atoms with Crippen molar-refractivity contribution in [3.63, 3.8) is 0 Å². The highest BCUT2D eigenvalue weighted by Crippen LogP contribution is 2.20. The monoisotopic (exact) mass is 246 g/mol. The van der Waals surface area contributed by atoms with Crippen LogP contribution < -0.4 is 0 Å². The summed E-state index contributed by atoms with van der Waals surface area (Å²) < 4.78 is 0. The van der Waals surface area contributed by atoms with E-state index in [1.165, 1.54) is 0 Å². The molecule has 0 heterocycles. The third-order valence-electron chi connectivity index (χ3n) is 2.24. The van der Waals surface area contributed by atoms with Gasteiger partial charge in [0.25, 0.3) is 0 Å². The molecular weight excluding hydrogens is 232 g/mol. The summed E-state index contributed by atoms with van der Waals surface area (Å²) in [7, 11) is 0. The van der Waals surface area contributed by atoms with Gasteiger partial charge in [0.1, 0.15) is 0 Å². The fourth-order valence-corrected chi connectivity index (χ4v) is 1.51. The molecule has 0 amide bonds. The van der Waals surface area contributed by atoms with Crippen molar-refractivity contribution in [2.24, 2.45) is 0 Å². The topological polar surface area (TPSA) is 17.1 Å². The van der Waals surface area contributed by atoms with Crippen molar-refractivity contribution in [3.05, 3.63) is 70.8 Å². The van der Waals surface area contributed by atoms with Crippen molar-refractivity contribution in [2.75, 3.05) is 0 Å². The smallest absolute Gasteiger partial charge is 0.194 e. The Morgan fingerprint density at radius 3 is 2.18 bits per heavy atom. The lowest BCUT2D eigenvalue weighted by atomic mass is 10.0. The molecule has 2 heteroatoms. The molecule has 0 saturated carbocycles. The number of aryl methyl sites for hydroxylation is 1. The molecule has 0 aliphatic carbocycles. The molecule has 0 spiro atoms. The Bertz CT molecular complexity index is 492. The number of benzene rings is 1. The van der Waals surface area contributed by atoms with Gasteiger partial charge in [-0.2, -0.15) is 0 Å². The first-order valence-electron chi connectivity index (χ1n) is 5.25. The lowest BCUT2D eigenvalue weighted by molar-refractivity contribution is 0.103. The zero-order valence-electron chi connectivity index (χ0n) is 10.1. The maximum atomic E-state index is 12.2. The number of hydrogen-bond donors (Lipinski definition) is 0. The molecule has 1 nitrogen and oxygen atoms in total. The maximum absolute atomic E-state index is 12.2. The van der Waals surface area contributed by atoms with Gasteiger partial charge in [0.15, 0.2) is 5.78 Å². The lowest BCUT2D eigenvalue weighted by Gasteiger charge is -2.05. The molecular formula is C15H15ClO. The molecule has 1 aromatic carbocycles. The van der Waals surface area contributed by atoms with Crippen molar-refractivity contribution in [2.45, 2.75) is 13.8 Å². The number of halogens is 1. The summed E-state index contributed by atoms with van der Waals surface area (Å²) in [6, 6.07) is 7.35. The van der Waals surface area contributed by atoms with Crippen molar-refractivity contribution in [3.8, 4) is 0 Å². The molecule has 0 atom stereocenters. The first kappa shape index (κ1) is 13.5. The number of ketones is 1. The van der Waals surface area contributed by atoms with Crippen molar-refractivity contribution in [1.82, 2.24) is 0 Å². The lowest BCUT2D eigenvalue weighted by Crippen LogP contribution is -2.03. The zero-order valence-corrected chi connectivity index (χ0v) is 10.8. The van der Waals surface area contributed by atoms with Crippen molar-refractivity contribution >= 4 is 17.4 Å². The molecule has 0 unspecified atom stereocenters. The summed E-state index contributed by atoms with van der Waals surface area (Å²) in [5, 5.41) is 0.235. The second kappa shape index (κ2) is 5.65. The average Bonchev–Trinajstić information content (AvgIpc) is 2.25. The van der Waals surface area contributed by atoms with Crippen LogP contribution in [0.25, 0.3) is 0 Å². The van der Waals surface area contributed by atoms with Crippen LogP contribution >= 0.6 is 11.6 Å². The molecule has 0 N–H and O–H groups in total. The van der Waals surface area contributed by atoms with Gasteiger partial charge in [-0.1, -0.05) is 60.2 Å². The van der Waals surface area contributed by atoms with Crippen LogP contribution in [0.4, 0.5) is 0 Å². The van der Waals surface area contributed by atoms with E-state index in [-0.39, 0.29) is 10.8 Å². The van der Waals surface area contributed by atoms with Gasteiger partial charge in [0.05, 0.1) is 0 Å². The minimum atomic E-state index is -0.131. The number of rotatable bonds is 4. The van der Waals surface area contributed by atoms with Crippen LogP contribution in [0, 0.1) is 6.92 Å². The van der Waals surface area contributed by atoms with E-state index in [9.17, 15) is 4.79 Å². The largest absolute Gasteiger partial charge is 0.289 e. The van der Waals surface area contributed by atoms with Crippen molar-refractivity contribution < 1.29 is 4.79 Å². The fourth-order valence-electron chi connectivity index (χ4n) is 1.37. The summed E-state index contributed by atoms with van der Waals surface area (Å²) in [5.41, 5.74) is 2.87. The average molecular weight is 247 g/mol. The zero-order chi connectivity index (χ0) is 13.0. The Hall–Kier alpha value is -1.60. The molecule has 1 rings (SSSR count). The van der Waals surface area contributed by atoms with Gasteiger partial charge in [-0.3, -0.25) is 4.79 Å². The Kier molecular flexibility index (Phi) is 4.47. The minimum absolute atomic E-state index is 0.131. The van der Waals surface area contributed by atoms with Gasteiger partial charge >= 0.3 is 0 Å². The quantitative estimate of drug-likeness (QED) is 0.436. The second-order valence-electron chi connectivity index (χ2n) is 4.00. The predicted molar refractivity (Wildman–Crippen MR) is 73.4 cm³/mol. The fraction of sp³-hybridized carbons (Fsp3) is 0.133. The molecule has 0 radical (unpaired) electrons. The summed E-state index contributed by atoms with van der Waals surface area (Å²) in [6.07, 6.45) is 1.65. The highest BCUT2D eigenvalue weighted by molar-refractivity contribution is 6.36. The molecule has 0 aliphatic rings. The molecule has 0 fully saturated rings. The van der Waals surface area contributed by atoms with E-state index < -0.39 is 0 Å². The van der Waals surface area contributed by atoms with Gasteiger partial charge in [-0.05, 0) is 19.9 Å². The van der Waals surface area contributed by atoms with E-state index in [4.69, 9.17) is 11.6 Å². The highest BCUT2D eigenvalue weighted by atomic mass is 35.5. The SMILES string of the molecule is C=C(C)/C=C(\C(=C)Cl)C(=O)c1ccc(C)cc1. The van der Waals surface area contributed by atoms with Gasteiger partial charge in [-0.15, -0.1) is 0 Å². The van der Waals surface area contributed by atoms with Gasteiger partial charge in [-0.25, -0.2) is 0 Å². The Labute approximate surface area is 107 Å². The third-order valence-corrected chi connectivity index (χ3v) is 2.44. The summed E-state index contributed by atoms with van der Waals surface area (Å²) in [4.78, 5) is 12.2. The van der Waals surface area contributed by atoms with Crippen LogP contribution in [-0.4, -0.2) is 5.78 Å². The standard InChI is InChI=1S/C15H15ClO/c1-10(2)9-14(12(4)16)15(17)13-7-5-11(3)6-8-13/h5-9H,1,4H2,2-3H3/b14-9+. The molecule has 1 aromatic rings. The number of carbonyl (C=O) groups is 1. The van der Waals surface area contributed by atoms with Gasteiger partial charge < -0.3 is 0 Å². The van der Waals surface area contributed by atoms with E-state index in [1.54, 1.807) is 18.2 Å².